The lowest BCUT2D eigenvalue weighted by atomic mass is 9.97. The number of hydrogen-bond donors (Lipinski definition) is 1. The molecule has 3 atom stereocenters. The lowest BCUT2D eigenvalue weighted by molar-refractivity contribution is -0.132. The first-order valence-electron chi connectivity index (χ1n) is 8.82. The standard InChI is InChI=1S/C21H26N2O2/c1-15-12-18(16-8-10-19(25-2)11-9-16)14-23(15)21(24)13-20(22)17-6-4-3-5-7-17/h3-11,15,18,20H,12-14,22H2,1-2H3. The molecule has 3 unspecified atom stereocenters. The fourth-order valence-corrected chi connectivity index (χ4v) is 3.62. The van der Waals surface area contributed by atoms with Crippen LogP contribution in [-0.2, 0) is 4.79 Å². The molecule has 1 aliphatic heterocycles. The predicted molar refractivity (Wildman–Crippen MR) is 99.5 cm³/mol. The number of carbonyl (C=O) groups excluding carboxylic acids is 1. The Morgan fingerprint density at radius 2 is 1.88 bits per heavy atom. The van der Waals surface area contributed by atoms with Crippen LogP contribution in [0.25, 0.3) is 0 Å². The largest absolute Gasteiger partial charge is 0.497 e. The third kappa shape index (κ3) is 4.02. The molecule has 2 N–H and O–H groups in total. The van der Waals surface area contributed by atoms with Crippen LogP contribution in [0.3, 0.4) is 0 Å². The highest BCUT2D eigenvalue weighted by atomic mass is 16.5. The van der Waals surface area contributed by atoms with Crippen LogP contribution < -0.4 is 10.5 Å². The Morgan fingerprint density at radius 1 is 1.20 bits per heavy atom. The summed E-state index contributed by atoms with van der Waals surface area (Å²) in [7, 11) is 1.67. The number of nitrogens with two attached hydrogens (primary N) is 1. The van der Waals surface area contributed by atoms with Crippen LogP contribution in [0.1, 0.15) is 42.9 Å². The number of ether oxygens (including phenoxy) is 1. The normalized spacial score (nSPS) is 21.2. The Labute approximate surface area is 149 Å². The molecule has 2 aromatic rings. The van der Waals surface area contributed by atoms with Crippen LogP contribution in [0.2, 0.25) is 0 Å². The minimum Gasteiger partial charge on any atom is -0.497 e. The molecule has 1 fully saturated rings. The fourth-order valence-electron chi connectivity index (χ4n) is 3.62. The number of methoxy groups -OCH3 is 1. The molecule has 0 aromatic heterocycles. The van der Waals surface area contributed by atoms with Gasteiger partial charge in [0.1, 0.15) is 5.75 Å². The van der Waals surface area contributed by atoms with E-state index in [1.807, 2.05) is 47.4 Å². The second kappa shape index (κ2) is 7.70. The molecule has 4 heteroatoms. The summed E-state index contributed by atoms with van der Waals surface area (Å²) in [5.41, 5.74) is 8.49. The van der Waals surface area contributed by atoms with E-state index >= 15 is 0 Å². The van der Waals surface area contributed by atoms with Gasteiger partial charge in [-0.25, -0.2) is 0 Å². The third-order valence-corrected chi connectivity index (χ3v) is 5.10. The highest BCUT2D eigenvalue weighted by molar-refractivity contribution is 5.78. The number of hydrogen-bond acceptors (Lipinski definition) is 3. The predicted octanol–water partition coefficient (Wildman–Crippen LogP) is 3.49. The fraction of sp³-hybridized carbons (Fsp3) is 0.381. The summed E-state index contributed by atoms with van der Waals surface area (Å²) in [6.07, 6.45) is 1.34. The summed E-state index contributed by atoms with van der Waals surface area (Å²) in [4.78, 5) is 14.7. The molecule has 0 saturated carbocycles. The topological polar surface area (TPSA) is 55.6 Å². The number of likely N-dealkylation sites (tertiary alicyclic amines) is 1. The summed E-state index contributed by atoms with van der Waals surface area (Å²) in [5, 5.41) is 0. The van der Waals surface area contributed by atoms with Gasteiger partial charge in [0.25, 0.3) is 0 Å². The highest BCUT2D eigenvalue weighted by Crippen LogP contribution is 2.33. The minimum atomic E-state index is -0.249. The number of rotatable bonds is 5. The minimum absolute atomic E-state index is 0.139. The highest BCUT2D eigenvalue weighted by Gasteiger charge is 2.33. The van der Waals surface area contributed by atoms with Crippen molar-refractivity contribution in [3.8, 4) is 5.75 Å². The van der Waals surface area contributed by atoms with E-state index in [0.29, 0.717) is 12.3 Å². The molecule has 132 valence electrons. The van der Waals surface area contributed by atoms with Gasteiger partial charge in [-0.15, -0.1) is 0 Å². The number of carbonyl (C=O) groups is 1. The Kier molecular flexibility index (Phi) is 5.39. The first-order chi connectivity index (χ1) is 12.1. The number of benzene rings is 2. The van der Waals surface area contributed by atoms with Gasteiger partial charge in [0, 0.05) is 31.0 Å². The van der Waals surface area contributed by atoms with Gasteiger partial charge in [0.05, 0.1) is 7.11 Å². The van der Waals surface area contributed by atoms with Crippen molar-refractivity contribution >= 4 is 5.91 Å². The zero-order valence-electron chi connectivity index (χ0n) is 14.9. The van der Waals surface area contributed by atoms with Gasteiger partial charge >= 0.3 is 0 Å². The zero-order valence-corrected chi connectivity index (χ0v) is 14.9. The molecule has 0 spiro atoms. The molecule has 1 aliphatic rings. The van der Waals surface area contributed by atoms with Crippen molar-refractivity contribution in [2.45, 2.75) is 37.8 Å². The van der Waals surface area contributed by atoms with Gasteiger partial charge < -0.3 is 15.4 Å². The van der Waals surface area contributed by atoms with Gasteiger partial charge in [-0.3, -0.25) is 4.79 Å². The second-order valence-electron chi connectivity index (χ2n) is 6.82. The second-order valence-corrected chi connectivity index (χ2v) is 6.82. The molecule has 2 aromatic carbocycles. The van der Waals surface area contributed by atoms with Crippen molar-refractivity contribution in [1.29, 1.82) is 0 Å². The van der Waals surface area contributed by atoms with E-state index in [1.54, 1.807) is 7.11 Å². The molecule has 3 rings (SSSR count). The Bertz CT molecular complexity index is 700. The van der Waals surface area contributed by atoms with Crippen molar-refractivity contribution in [3.05, 3.63) is 65.7 Å². The van der Waals surface area contributed by atoms with E-state index in [2.05, 4.69) is 19.1 Å². The van der Waals surface area contributed by atoms with Crippen molar-refractivity contribution in [2.75, 3.05) is 13.7 Å². The number of nitrogens with zero attached hydrogens (tertiary/aromatic N) is 1. The van der Waals surface area contributed by atoms with Crippen molar-refractivity contribution in [3.63, 3.8) is 0 Å². The monoisotopic (exact) mass is 338 g/mol. The average molecular weight is 338 g/mol. The van der Waals surface area contributed by atoms with Gasteiger partial charge in [-0.05, 0) is 36.6 Å². The van der Waals surface area contributed by atoms with E-state index in [9.17, 15) is 4.79 Å². The van der Waals surface area contributed by atoms with E-state index in [-0.39, 0.29) is 18.0 Å². The summed E-state index contributed by atoms with van der Waals surface area (Å²) < 4.78 is 5.22. The molecule has 1 saturated heterocycles. The number of amides is 1. The van der Waals surface area contributed by atoms with Gasteiger partial charge in [-0.1, -0.05) is 42.5 Å². The molecule has 0 radical (unpaired) electrons. The lowest BCUT2D eigenvalue weighted by Crippen LogP contribution is -2.35. The summed E-state index contributed by atoms with van der Waals surface area (Å²) in [6.45, 7) is 2.88. The maximum atomic E-state index is 12.7. The first kappa shape index (κ1) is 17.5. The van der Waals surface area contributed by atoms with E-state index in [1.165, 1.54) is 5.56 Å². The average Bonchev–Trinajstić information content (AvgIpc) is 3.04. The van der Waals surface area contributed by atoms with Crippen molar-refractivity contribution in [2.24, 2.45) is 5.73 Å². The summed E-state index contributed by atoms with van der Waals surface area (Å²) in [5.74, 6) is 1.37. The molecule has 25 heavy (non-hydrogen) atoms. The molecular weight excluding hydrogens is 312 g/mol. The molecular formula is C21H26N2O2. The van der Waals surface area contributed by atoms with Crippen LogP contribution in [-0.4, -0.2) is 30.5 Å². The van der Waals surface area contributed by atoms with Gasteiger partial charge in [0.2, 0.25) is 5.91 Å². The van der Waals surface area contributed by atoms with Crippen LogP contribution in [0.15, 0.2) is 54.6 Å². The third-order valence-electron chi connectivity index (χ3n) is 5.10. The maximum absolute atomic E-state index is 12.7. The van der Waals surface area contributed by atoms with E-state index < -0.39 is 0 Å². The summed E-state index contributed by atoms with van der Waals surface area (Å²) in [6, 6.07) is 18.0. The molecule has 0 aliphatic carbocycles. The van der Waals surface area contributed by atoms with Crippen LogP contribution in [0, 0.1) is 0 Å². The first-order valence-corrected chi connectivity index (χ1v) is 8.82. The molecule has 1 heterocycles. The summed E-state index contributed by atoms with van der Waals surface area (Å²) >= 11 is 0. The quantitative estimate of drug-likeness (QED) is 0.908. The Morgan fingerprint density at radius 3 is 2.52 bits per heavy atom. The van der Waals surface area contributed by atoms with Gasteiger partial charge in [-0.2, -0.15) is 0 Å². The SMILES string of the molecule is COc1ccc(C2CC(C)N(C(=O)CC(N)c3ccccc3)C2)cc1. The molecule has 1 amide bonds. The van der Waals surface area contributed by atoms with Crippen molar-refractivity contribution in [1.82, 2.24) is 4.90 Å². The Balaban J connectivity index is 1.63. The van der Waals surface area contributed by atoms with E-state index in [0.717, 1.165) is 24.3 Å². The maximum Gasteiger partial charge on any atom is 0.224 e. The van der Waals surface area contributed by atoms with Crippen molar-refractivity contribution < 1.29 is 9.53 Å². The molecule has 0 bridgehead atoms. The molecule has 4 nitrogen and oxygen atoms in total. The smallest absolute Gasteiger partial charge is 0.224 e. The van der Waals surface area contributed by atoms with Crippen LogP contribution in [0.5, 0.6) is 5.75 Å². The van der Waals surface area contributed by atoms with Crippen LogP contribution >= 0.6 is 0 Å². The van der Waals surface area contributed by atoms with E-state index in [4.69, 9.17) is 10.5 Å². The van der Waals surface area contributed by atoms with Crippen LogP contribution in [0.4, 0.5) is 0 Å². The lowest BCUT2D eigenvalue weighted by Gasteiger charge is -2.23. The van der Waals surface area contributed by atoms with Gasteiger partial charge in [0.15, 0.2) is 0 Å². The zero-order chi connectivity index (χ0) is 17.8. The Hall–Kier alpha value is -2.33.